The first-order chi connectivity index (χ1) is 6.22. The molecule has 0 spiro atoms. The summed E-state index contributed by atoms with van der Waals surface area (Å²) in [5.74, 6) is 0.165. The summed E-state index contributed by atoms with van der Waals surface area (Å²) in [6.07, 6.45) is 1.73. The molecule has 0 aliphatic rings. The largest absolute Gasteiger partial charge is 0.435 e. The van der Waals surface area contributed by atoms with Crippen molar-refractivity contribution in [3.63, 3.8) is 0 Å². The molecule has 0 saturated heterocycles. The lowest BCUT2D eigenvalue weighted by molar-refractivity contribution is -0.0498. The summed E-state index contributed by atoms with van der Waals surface area (Å²) < 4.78 is 27.8. The van der Waals surface area contributed by atoms with Gasteiger partial charge < -0.3 is 4.74 Å². The lowest BCUT2D eigenvalue weighted by Gasteiger charge is -2.03. The predicted molar refractivity (Wildman–Crippen MR) is 51.0 cm³/mol. The average Bonchev–Trinajstić information content (AvgIpc) is 2.04. The minimum Gasteiger partial charge on any atom is -0.435 e. The summed E-state index contributed by atoms with van der Waals surface area (Å²) in [6, 6.07) is 6.46. The summed E-state index contributed by atoms with van der Waals surface area (Å²) in [5.41, 5.74) is 0.801. The van der Waals surface area contributed by atoms with E-state index in [2.05, 4.69) is 20.7 Å². The van der Waals surface area contributed by atoms with Gasteiger partial charge >= 0.3 is 6.61 Å². The standard InChI is InChI=1S/C9H7BrF2O/c10-5-4-7-2-1-3-8(6-7)13-9(11)12/h1-6,9H/b5-4+. The van der Waals surface area contributed by atoms with E-state index >= 15 is 0 Å². The van der Waals surface area contributed by atoms with Crippen molar-refractivity contribution in [3.8, 4) is 5.75 Å². The van der Waals surface area contributed by atoms with Crippen LogP contribution in [0.15, 0.2) is 29.3 Å². The number of benzene rings is 1. The van der Waals surface area contributed by atoms with E-state index in [4.69, 9.17) is 0 Å². The van der Waals surface area contributed by atoms with Gasteiger partial charge in [0.1, 0.15) is 5.75 Å². The van der Waals surface area contributed by atoms with Gasteiger partial charge in [-0.1, -0.05) is 28.1 Å². The summed E-state index contributed by atoms with van der Waals surface area (Å²) in [7, 11) is 0. The van der Waals surface area contributed by atoms with Crippen LogP contribution in [0.25, 0.3) is 6.08 Å². The molecule has 1 rings (SSSR count). The Morgan fingerprint density at radius 1 is 1.38 bits per heavy atom. The first-order valence-corrected chi connectivity index (χ1v) is 4.45. The molecule has 1 aromatic carbocycles. The van der Waals surface area contributed by atoms with Gasteiger partial charge in [-0.15, -0.1) is 0 Å². The highest BCUT2D eigenvalue weighted by molar-refractivity contribution is 9.11. The number of halogens is 3. The molecule has 0 saturated carbocycles. The molecule has 0 amide bonds. The van der Waals surface area contributed by atoms with Gasteiger partial charge in [0.05, 0.1) is 0 Å². The first kappa shape index (κ1) is 10.2. The van der Waals surface area contributed by atoms with Crippen molar-refractivity contribution in [2.24, 2.45) is 0 Å². The predicted octanol–water partition coefficient (Wildman–Crippen LogP) is 3.65. The van der Waals surface area contributed by atoms with Crippen molar-refractivity contribution in [2.45, 2.75) is 6.61 Å². The molecule has 4 heteroatoms. The van der Waals surface area contributed by atoms with E-state index in [-0.39, 0.29) is 5.75 Å². The van der Waals surface area contributed by atoms with Crippen LogP contribution >= 0.6 is 15.9 Å². The molecule has 70 valence electrons. The Balaban J connectivity index is 2.79. The Kier molecular flexibility index (Phi) is 3.89. The smallest absolute Gasteiger partial charge is 0.387 e. The Labute approximate surface area is 83.1 Å². The summed E-state index contributed by atoms with van der Waals surface area (Å²) in [5, 5.41) is 0. The molecule has 0 aliphatic carbocycles. The molecule has 0 atom stereocenters. The van der Waals surface area contributed by atoms with Crippen molar-refractivity contribution in [2.75, 3.05) is 0 Å². The fourth-order valence-electron chi connectivity index (χ4n) is 0.867. The van der Waals surface area contributed by atoms with Crippen LogP contribution in [-0.4, -0.2) is 6.61 Å². The van der Waals surface area contributed by atoms with Crippen LogP contribution in [0.4, 0.5) is 8.78 Å². The Morgan fingerprint density at radius 3 is 2.77 bits per heavy atom. The molecule has 0 aromatic heterocycles. The van der Waals surface area contributed by atoms with Crippen LogP contribution < -0.4 is 4.74 Å². The van der Waals surface area contributed by atoms with Crippen molar-refractivity contribution in [1.29, 1.82) is 0 Å². The highest BCUT2D eigenvalue weighted by atomic mass is 79.9. The second kappa shape index (κ2) is 4.97. The number of hydrogen-bond donors (Lipinski definition) is 0. The van der Waals surface area contributed by atoms with Gasteiger partial charge in [0.2, 0.25) is 0 Å². The maximum atomic E-state index is 11.8. The third-order valence-electron chi connectivity index (χ3n) is 1.34. The van der Waals surface area contributed by atoms with Crippen molar-refractivity contribution in [3.05, 3.63) is 34.8 Å². The highest BCUT2D eigenvalue weighted by Gasteiger charge is 2.03. The SMILES string of the molecule is FC(F)Oc1cccc(/C=C/Br)c1. The van der Waals surface area contributed by atoms with Gasteiger partial charge in [-0.3, -0.25) is 0 Å². The van der Waals surface area contributed by atoms with E-state index in [9.17, 15) is 8.78 Å². The van der Waals surface area contributed by atoms with Crippen molar-refractivity contribution in [1.82, 2.24) is 0 Å². The molecule has 0 aliphatic heterocycles. The molecule has 0 bridgehead atoms. The lowest BCUT2D eigenvalue weighted by Crippen LogP contribution is -2.01. The van der Waals surface area contributed by atoms with E-state index in [1.807, 2.05) is 0 Å². The van der Waals surface area contributed by atoms with E-state index in [1.165, 1.54) is 12.1 Å². The monoisotopic (exact) mass is 248 g/mol. The molecular weight excluding hydrogens is 242 g/mol. The molecule has 1 nitrogen and oxygen atoms in total. The number of ether oxygens (including phenoxy) is 1. The second-order valence-corrected chi connectivity index (χ2v) is 2.77. The zero-order chi connectivity index (χ0) is 9.68. The second-order valence-electron chi connectivity index (χ2n) is 2.24. The Hall–Kier alpha value is -0.900. The summed E-state index contributed by atoms with van der Waals surface area (Å²) in [6.45, 7) is -2.77. The molecule has 1 aromatic rings. The van der Waals surface area contributed by atoms with Crippen molar-refractivity contribution < 1.29 is 13.5 Å². The zero-order valence-electron chi connectivity index (χ0n) is 6.58. The normalized spacial score (nSPS) is 11.1. The van der Waals surface area contributed by atoms with Gasteiger partial charge in [-0.05, 0) is 28.8 Å². The van der Waals surface area contributed by atoms with Gasteiger partial charge in [0, 0.05) is 0 Å². The summed E-state index contributed by atoms with van der Waals surface area (Å²) >= 11 is 3.09. The van der Waals surface area contributed by atoms with Crippen LogP contribution in [-0.2, 0) is 0 Å². The summed E-state index contributed by atoms with van der Waals surface area (Å²) in [4.78, 5) is 1.65. The van der Waals surface area contributed by atoms with E-state index in [0.717, 1.165) is 5.56 Å². The van der Waals surface area contributed by atoms with E-state index < -0.39 is 6.61 Å². The molecule has 0 heterocycles. The van der Waals surface area contributed by atoms with E-state index in [1.54, 1.807) is 23.2 Å². The minimum atomic E-state index is -2.77. The van der Waals surface area contributed by atoms with Crippen LogP contribution in [0.5, 0.6) is 5.75 Å². The van der Waals surface area contributed by atoms with Crippen molar-refractivity contribution >= 4 is 22.0 Å². The molecular formula is C9H7BrF2O. The minimum absolute atomic E-state index is 0.165. The molecule has 13 heavy (non-hydrogen) atoms. The number of alkyl halides is 2. The molecule has 0 fully saturated rings. The maximum Gasteiger partial charge on any atom is 0.387 e. The zero-order valence-corrected chi connectivity index (χ0v) is 8.17. The van der Waals surface area contributed by atoms with Gasteiger partial charge in [0.25, 0.3) is 0 Å². The fraction of sp³-hybridized carbons (Fsp3) is 0.111. The molecule has 0 N–H and O–H groups in total. The molecule has 0 unspecified atom stereocenters. The maximum absolute atomic E-state index is 11.8. The van der Waals surface area contributed by atoms with Crippen LogP contribution in [0.3, 0.4) is 0 Å². The van der Waals surface area contributed by atoms with E-state index in [0.29, 0.717) is 0 Å². The quantitative estimate of drug-likeness (QED) is 0.794. The first-order valence-electron chi connectivity index (χ1n) is 3.54. The number of rotatable bonds is 3. The Bertz CT molecular complexity index is 299. The average molecular weight is 249 g/mol. The lowest BCUT2D eigenvalue weighted by atomic mass is 10.2. The van der Waals surface area contributed by atoms with Gasteiger partial charge in [-0.25, -0.2) is 0 Å². The third kappa shape index (κ3) is 3.55. The molecule has 0 radical (unpaired) electrons. The van der Waals surface area contributed by atoms with Crippen LogP contribution in [0.1, 0.15) is 5.56 Å². The van der Waals surface area contributed by atoms with Crippen LogP contribution in [0, 0.1) is 0 Å². The fourth-order valence-corrected chi connectivity index (χ4v) is 1.17. The van der Waals surface area contributed by atoms with Gasteiger partial charge in [0.15, 0.2) is 0 Å². The third-order valence-corrected chi connectivity index (χ3v) is 1.60. The topological polar surface area (TPSA) is 9.23 Å². The highest BCUT2D eigenvalue weighted by Crippen LogP contribution is 2.16. The Morgan fingerprint density at radius 2 is 2.15 bits per heavy atom. The number of hydrogen-bond acceptors (Lipinski definition) is 1. The van der Waals surface area contributed by atoms with Gasteiger partial charge in [-0.2, -0.15) is 8.78 Å². The van der Waals surface area contributed by atoms with Crippen LogP contribution in [0.2, 0.25) is 0 Å².